The Bertz CT molecular complexity index is 772. The summed E-state index contributed by atoms with van der Waals surface area (Å²) in [5.74, 6) is 0.402. The van der Waals surface area contributed by atoms with Gasteiger partial charge in [0.15, 0.2) is 6.61 Å². The van der Waals surface area contributed by atoms with E-state index in [1.54, 1.807) is 47.2 Å². The number of aromatic nitrogens is 2. The number of pyridine rings is 1. The minimum atomic E-state index is -0.174. The molecule has 3 rings (SSSR count). The number of nitrogens with zero attached hydrogens (tertiary/aromatic N) is 2. The molecule has 5 nitrogen and oxygen atoms in total. The molecule has 1 N–H and O–H groups in total. The third kappa shape index (κ3) is 4.62. The number of rotatable bonds is 7. The van der Waals surface area contributed by atoms with Crippen molar-refractivity contribution in [3.05, 3.63) is 63.0 Å². The molecule has 0 aromatic carbocycles. The summed E-state index contributed by atoms with van der Waals surface area (Å²) in [6.45, 7) is 1.91. The average molecular weight is 359 g/mol. The fourth-order valence-corrected chi connectivity index (χ4v) is 3.72. The summed E-state index contributed by atoms with van der Waals surface area (Å²) in [5, 5.41) is 10.1. The third-order valence-corrected chi connectivity index (χ3v) is 5.10. The molecule has 1 atom stereocenters. The number of carbonyl (C=O) groups is 1. The molecule has 124 valence electrons. The molecule has 0 unspecified atom stereocenters. The van der Waals surface area contributed by atoms with E-state index < -0.39 is 0 Å². The van der Waals surface area contributed by atoms with Crippen LogP contribution in [-0.2, 0) is 11.2 Å². The zero-order valence-corrected chi connectivity index (χ0v) is 14.8. The molecule has 0 spiro atoms. The van der Waals surface area contributed by atoms with Gasteiger partial charge in [-0.05, 0) is 41.4 Å². The van der Waals surface area contributed by atoms with E-state index in [9.17, 15) is 4.79 Å². The highest BCUT2D eigenvalue weighted by atomic mass is 32.1. The third-order valence-electron chi connectivity index (χ3n) is 3.29. The summed E-state index contributed by atoms with van der Waals surface area (Å²) in [5.41, 5.74) is 2.15. The number of hydrogen-bond donors (Lipinski definition) is 1. The van der Waals surface area contributed by atoms with Crippen molar-refractivity contribution >= 4 is 28.6 Å². The van der Waals surface area contributed by atoms with Crippen molar-refractivity contribution in [3.63, 3.8) is 0 Å². The number of ether oxygens (including phenoxy) is 1. The molecule has 0 aliphatic rings. The van der Waals surface area contributed by atoms with E-state index >= 15 is 0 Å². The number of hydrogen-bond acceptors (Lipinski definition) is 6. The molecule has 3 aromatic rings. The Kier molecular flexibility index (Phi) is 5.55. The predicted octanol–water partition coefficient (Wildman–Crippen LogP) is 3.39. The van der Waals surface area contributed by atoms with Crippen LogP contribution in [0, 0.1) is 6.92 Å². The molecule has 0 saturated heterocycles. The summed E-state index contributed by atoms with van der Waals surface area (Å²) >= 11 is 3.21. The highest BCUT2D eigenvalue weighted by Crippen LogP contribution is 2.23. The first-order chi connectivity index (χ1) is 11.7. The van der Waals surface area contributed by atoms with Crippen LogP contribution in [0.3, 0.4) is 0 Å². The van der Waals surface area contributed by atoms with Crippen LogP contribution in [0.1, 0.15) is 22.3 Å². The van der Waals surface area contributed by atoms with Gasteiger partial charge >= 0.3 is 0 Å². The largest absolute Gasteiger partial charge is 0.482 e. The van der Waals surface area contributed by atoms with Gasteiger partial charge in [0.2, 0.25) is 0 Å². The Hall–Kier alpha value is -2.25. The maximum atomic E-state index is 12.3. The van der Waals surface area contributed by atoms with Gasteiger partial charge in [0.05, 0.1) is 12.2 Å². The van der Waals surface area contributed by atoms with Gasteiger partial charge in [-0.2, -0.15) is 11.3 Å². The number of amides is 1. The van der Waals surface area contributed by atoms with Crippen LogP contribution in [0.5, 0.6) is 5.75 Å². The number of thiazole rings is 1. The lowest BCUT2D eigenvalue weighted by Gasteiger charge is -2.16. The van der Waals surface area contributed by atoms with Gasteiger partial charge in [0.25, 0.3) is 5.91 Å². The first kappa shape index (κ1) is 16.6. The zero-order chi connectivity index (χ0) is 16.8. The van der Waals surface area contributed by atoms with E-state index in [0.29, 0.717) is 5.75 Å². The van der Waals surface area contributed by atoms with Crippen molar-refractivity contribution in [3.8, 4) is 5.75 Å². The number of nitrogens with one attached hydrogen (secondary N) is 1. The lowest BCUT2D eigenvalue weighted by molar-refractivity contribution is -0.123. The highest BCUT2D eigenvalue weighted by Gasteiger charge is 2.19. The van der Waals surface area contributed by atoms with E-state index in [2.05, 4.69) is 26.7 Å². The first-order valence-electron chi connectivity index (χ1n) is 7.46. The zero-order valence-electron chi connectivity index (χ0n) is 13.1. The molecule has 3 heterocycles. The topological polar surface area (TPSA) is 64.1 Å². The summed E-state index contributed by atoms with van der Waals surface area (Å²) in [4.78, 5) is 20.7. The fraction of sp³-hybridized carbons (Fsp3) is 0.235. The van der Waals surface area contributed by atoms with E-state index in [1.807, 2.05) is 17.7 Å². The molecular formula is C17H17N3O2S2. The smallest absolute Gasteiger partial charge is 0.258 e. The van der Waals surface area contributed by atoms with E-state index in [-0.39, 0.29) is 18.6 Å². The number of carbonyl (C=O) groups excluding carboxylic acids is 1. The SMILES string of the molecule is Cc1csc([C@H](Cc2ccsc2)NC(=O)COc2cccnc2)n1. The Morgan fingerprint density at radius 3 is 2.96 bits per heavy atom. The maximum Gasteiger partial charge on any atom is 0.258 e. The average Bonchev–Trinajstić information content (AvgIpc) is 3.25. The lowest BCUT2D eigenvalue weighted by atomic mass is 10.1. The monoisotopic (exact) mass is 359 g/mol. The second-order valence-electron chi connectivity index (χ2n) is 5.26. The summed E-state index contributed by atoms with van der Waals surface area (Å²) in [7, 11) is 0. The van der Waals surface area contributed by atoms with Crippen LogP contribution in [0.15, 0.2) is 46.7 Å². The van der Waals surface area contributed by atoms with Crippen LogP contribution in [0.4, 0.5) is 0 Å². The van der Waals surface area contributed by atoms with Gasteiger partial charge in [0.1, 0.15) is 10.8 Å². The molecule has 24 heavy (non-hydrogen) atoms. The van der Waals surface area contributed by atoms with Crippen molar-refractivity contribution in [2.45, 2.75) is 19.4 Å². The second kappa shape index (κ2) is 8.03. The summed E-state index contributed by atoms with van der Waals surface area (Å²) < 4.78 is 5.46. The fourth-order valence-electron chi connectivity index (χ4n) is 2.19. The van der Waals surface area contributed by atoms with Crippen molar-refractivity contribution < 1.29 is 9.53 Å². The second-order valence-corrected chi connectivity index (χ2v) is 6.93. The van der Waals surface area contributed by atoms with Gasteiger partial charge in [-0.25, -0.2) is 4.98 Å². The van der Waals surface area contributed by atoms with Crippen LogP contribution >= 0.6 is 22.7 Å². The minimum Gasteiger partial charge on any atom is -0.482 e. The molecular weight excluding hydrogens is 342 g/mol. The predicted molar refractivity (Wildman–Crippen MR) is 95.5 cm³/mol. The van der Waals surface area contributed by atoms with E-state index in [4.69, 9.17) is 4.74 Å². The molecule has 0 aliphatic carbocycles. The van der Waals surface area contributed by atoms with Gasteiger partial charge in [-0.1, -0.05) is 0 Å². The van der Waals surface area contributed by atoms with Crippen molar-refractivity contribution in [1.82, 2.24) is 15.3 Å². The van der Waals surface area contributed by atoms with Gasteiger partial charge in [-0.3, -0.25) is 9.78 Å². The van der Waals surface area contributed by atoms with Crippen LogP contribution < -0.4 is 10.1 Å². The van der Waals surface area contributed by atoms with Crippen LogP contribution in [0.25, 0.3) is 0 Å². The number of thiophene rings is 1. The van der Waals surface area contributed by atoms with Crippen molar-refractivity contribution in [2.75, 3.05) is 6.61 Å². The molecule has 0 aliphatic heterocycles. The summed E-state index contributed by atoms with van der Waals surface area (Å²) in [6.07, 6.45) is 3.96. The standard InChI is InChI=1S/C17H17N3O2S2/c1-12-10-24-17(19-12)15(7-13-4-6-23-11-13)20-16(21)9-22-14-3-2-5-18-8-14/h2-6,8,10-11,15H,7,9H2,1H3,(H,20,21)/t15-/m0/s1. The lowest BCUT2D eigenvalue weighted by Crippen LogP contribution is -2.33. The molecule has 0 saturated carbocycles. The Morgan fingerprint density at radius 1 is 1.38 bits per heavy atom. The first-order valence-corrected chi connectivity index (χ1v) is 9.28. The van der Waals surface area contributed by atoms with Gasteiger partial charge in [0, 0.05) is 23.7 Å². The van der Waals surface area contributed by atoms with E-state index in [0.717, 1.165) is 17.1 Å². The molecule has 3 aromatic heterocycles. The Morgan fingerprint density at radius 2 is 2.29 bits per heavy atom. The van der Waals surface area contributed by atoms with E-state index in [1.165, 1.54) is 5.56 Å². The molecule has 7 heteroatoms. The molecule has 0 radical (unpaired) electrons. The van der Waals surface area contributed by atoms with Gasteiger partial charge < -0.3 is 10.1 Å². The number of aryl methyl sites for hydroxylation is 1. The Labute approximate surface area is 148 Å². The summed E-state index contributed by atoms with van der Waals surface area (Å²) in [6, 6.07) is 5.46. The van der Waals surface area contributed by atoms with Crippen LogP contribution in [0.2, 0.25) is 0 Å². The molecule has 1 amide bonds. The van der Waals surface area contributed by atoms with Crippen LogP contribution in [-0.4, -0.2) is 22.5 Å². The van der Waals surface area contributed by atoms with Crippen molar-refractivity contribution in [2.24, 2.45) is 0 Å². The quantitative estimate of drug-likeness (QED) is 0.702. The highest BCUT2D eigenvalue weighted by molar-refractivity contribution is 7.09. The maximum absolute atomic E-state index is 12.3. The molecule has 0 fully saturated rings. The van der Waals surface area contributed by atoms with Gasteiger partial charge in [-0.15, -0.1) is 11.3 Å². The minimum absolute atomic E-state index is 0.0454. The van der Waals surface area contributed by atoms with Crippen molar-refractivity contribution in [1.29, 1.82) is 0 Å². The normalized spacial score (nSPS) is 11.9. The Balaban J connectivity index is 1.63. The molecule has 0 bridgehead atoms.